The van der Waals surface area contributed by atoms with E-state index in [1.807, 2.05) is 18.2 Å². The van der Waals surface area contributed by atoms with Gasteiger partial charge in [0, 0.05) is 17.8 Å². The molecule has 3 aromatic rings. The largest absolute Gasteiger partial charge is 0.326 e. The topological polar surface area (TPSA) is 88.2 Å². The molecule has 0 radical (unpaired) electrons. The summed E-state index contributed by atoms with van der Waals surface area (Å²) in [6.07, 6.45) is 4.10. The monoisotopic (exact) mass is 403 g/mol. The maximum Gasteiger partial charge on any atom is 0.229 e. The molecule has 0 atom stereocenters. The molecule has 0 aliphatic carbocycles. The Labute approximate surface area is 162 Å². The van der Waals surface area contributed by atoms with E-state index in [4.69, 9.17) is 0 Å². The number of nitrogens with one attached hydrogen (secondary N) is 2. The smallest absolute Gasteiger partial charge is 0.229 e. The quantitative estimate of drug-likeness (QED) is 0.556. The maximum absolute atomic E-state index is 12.0. The lowest BCUT2D eigenvalue weighted by atomic mass is 10.2. The summed E-state index contributed by atoms with van der Waals surface area (Å²) in [7, 11) is -3.30. The molecular weight excluding hydrogens is 382 g/mol. The lowest BCUT2D eigenvalue weighted by Crippen LogP contribution is -2.12. The standard InChI is InChI=1S/C19H21N3O3S2/c1-27(24,25)22-15-12-10-14(11-13-15)20-18(23)8-4-5-9-19-21-16-6-2-3-7-17(16)26-19/h2-3,6-7,10-13,22H,4-5,8-9H2,1H3,(H,20,23). The van der Waals surface area contributed by atoms with Gasteiger partial charge in [0.05, 0.1) is 21.5 Å². The first kappa shape index (κ1) is 19.3. The van der Waals surface area contributed by atoms with Gasteiger partial charge in [-0.25, -0.2) is 13.4 Å². The fraction of sp³-hybridized carbons (Fsp3) is 0.263. The Morgan fingerprint density at radius 1 is 1.04 bits per heavy atom. The van der Waals surface area contributed by atoms with Crippen LogP contribution in [0.5, 0.6) is 0 Å². The Kier molecular flexibility index (Phi) is 6.08. The number of hydrogen-bond donors (Lipinski definition) is 2. The predicted molar refractivity (Wildman–Crippen MR) is 111 cm³/mol. The van der Waals surface area contributed by atoms with E-state index in [2.05, 4.69) is 21.1 Å². The van der Waals surface area contributed by atoms with E-state index < -0.39 is 10.0 Å². The number of amides is 1. The van der Waals surface area contributed by atoms with Gasteiger partial charge in [0.25, 0.3) is 0 Å². The van der Waals surface area contributed by atoms with Crippen molar-refractivity contribution in [3.63, 3.8) is 0 Å². The van der Waals surface area contributed by atoms with Gasteiger partial charge in [-0.3, -0.25) is 9.52 Å². The first-order valence-corrected chi connectivity index (χ1v) is 11.3. The highest BCUT2D eigenvalue weighted by molar-refractivity contribution is 7.92. The first-order valence-electron chi connectivity index (χ1n) is 8.61. The van der Waals surface area contributed by atoms with Gasteiger partial charge in [-0.1, -0.05) is 12.1 Å². The van der Waals surface area contributed by atoms with Crippen LogP contribution in [0.4, 0.5) is 11.4 Å². The number of unbranched alkanes of at least 4 members (excludes halogenated alkanes) is 1. The minimum Gasteiger partial charge on any atom is -0.326 e. The zero-order valence-corrected chi connectivity index (χ0v) is 16.6. The summed E-state index contributed by atoms with van der Waals surface area (Å²) in [5.74, 6) is -0.0527. The Morgan fingerprint density at radius 3 is 2.44 bits per heavy atom. The Bertz CT molecular complexity index is 995. The summed E-state index contributed by atoms with van der Waals surface area (Å²) in [5.41, 5.74) is 2.14. The molecule has 0 aliphatic heterocycles. The van der Waals surface area contributed by atoms with Crippen molar-refractivity contribution in [3.05, 3.63) is 53.5 Å². The summed E-state index contributed by atoms with van der Waals surface area (Å²) >= 11 is 1.70. The van der Waals surface area contributed by atoms with Crippen LogP contribution in [0.1, 0.15) is 24.3 Å². The number of nitrogens with zero attached hydrogens (tertiary/aromatic N) is 1. The summed E-state index contributed by atoms with van der Waals surface area (Å²) in [4.78, 5) is 16.6. The molecule has 0 spiro atoms. The maximum atomic E-state index is 12.0. The Balaban J connectivity index is 1.41. The van der Waals surface area contributed by atoms with E-state index in [0.717, 1.165) is 36.0 Å². The molecule has 27 heavy (non-hydrogen) atoms. The minimum atomic E-state index is -3.30. The molecule has 1 amide bonds. The second-order valence-electron chi connectivity index (χ2n) is 6.28. The van der Waals surface area contributed by atoms with Crippen LogP contribution >= 0.6 is 11.3 Å². The second kappa shape index (κ2) is 8.49. The molecule has 6 nitrogen and oxygen atoms in total. The summed E-state index contributed by atoms with van der Waals surface area (Å²) < 4.78 is 25.9. The number of thiazole rings is 1. The van der Waals surface area contributed by atoms with Crippen molar-refractivity contribution in [1.82, 2.24) is 4.98 Å². The molecule has 1 heterocycles. The van der Waals surface area contributed by atoms with Crippen molar-refractivity contribution in [1.29, 1.82) is 0 Å². The van der Waals surface area contributed by atoms with Crippen LogP contribution in [0.2, 0.25) is 0 Å². The van der Waals surface area contributed by atoms with Gasteiger partial charge in [-0.15, -0.1) is 11.3 Å². The first-order chi connectivity index (χ1) is 12.9. The highest BCUT2D eigenvalue weighted by Crippen LogP contribution is 2.23. The third-order valence-corrected chi connectivity index (χ3v) is 5.56. The number of fused-ring (bicyclic) bond motifs is 1. The Hall–Kier alpha value is -2.45. The predicted octanol–water partition coefficient (Wildman–Crippen LogP) is 4.02. The fourth-order valence-corrected chi connectivity index (χ4v) is 4.22. The van der Waals surface area contributed by atoms with Crippen molar-refractivity contribution in [2.45, 2.75) is 25.7 Å². The van der Waals surface area contributed by atoms with Crippen LogP contribution in [0.15, 0.2) is 48.5 Å². The van der Waals surface area contributed by atoms with Crippen LogP contribution in [-0.2, 0) is 21.2 Å². The van der Waals surface area contributed by atoms with Crippen LogP contribution < -0.4 is 10.0 Å². The van der Waals surface area contributed by atoms with Gasteiger partial charge in [0.15, 0.2) is 0 Å². The van der Waals surface area contributed by atoms with Crippen molar-refractivity contribution in [2.24, 2.45) is 0 Å². The van der Waals surface area contributed by atoms with E-state index in [0.29, 0.717) is 17.8 Å². The van der Waals surface area contributed by atoms with Crippen molar-refractivity contribution in [2.75, 3.05) is 16.3 Å². The molecule has 142 valence electrons. The number of aryl methyl sites for hydroxylation is 1. The molecule has 0 fully saturated rings. The van der Waals surface area contributed by atoms with E-state index >= 15 is 0 Å². The number of rotatable bonds is 8. The molecule has 0 bridgehead atoms. The van der Waals surface area contributed by atoms with Crippen LogP contribution in [-0.4, -0.2) is 25.6 Å². The highest BCUT2D eigenvalue weighted by atomic mass is 32.2. The summed E-state index contributed by atoms with van der Waals surface area (Å²) in [6, 6.07) is 14.7. The van der Waals surface area contributed by atoms with Gasteiger partial charge < -0.3 is 5.32 Å². The molecule has 0 saturated carbocycles. The SMILES string of the molecule is CS(=O)(=O)Nc1ccc(NC(=O)CCCCc2nc3ccccc3s2)cc1. The normalized spacial score (nSPS) is 11.4. The third kappa shape index (κ3) is 6.04. The highest BCUT2D eigenvalue weighted by Gasteiger charge is 2.06. The Morgan fingerprint density at radius 2 is 1.74 bits per heavy atom. The average Bonchev–Trinajstić information content (AvgIpc) is 3.02. The molecule has 2 aromatic carbocycles. The molecule has 2 N–H and O–H groups in total. The molecule has 0 saturated heterocycles. The molecule has 3 rings (SSSR count). The second-order valence-corrected chi connectivity index (χ2v) is 9.15. The molecule has 0 unspecified atom stereocenters. The molecular formula is C19H21N3O3S2. The van der Waals surface area contributed by atoms with E-state index in [1.54, 1.807) is 35.6 Å². The number of para-hydroxylation sites is 1. The lowest BCUT2D eigenvalue weighted by Gasteiger charge is -2.07. The van der Waals surface area contributed by atoms with Crippen LogP contribution in [0.25, 0.3) is 10.2 Å². The van der Waals surface area contributed by atoms with E-state index in [9.17, 15) is 13.2 Å². The van der Waals surface area contributed by atoms with Crippen LogP contribution in [0.3, 0.4) is 0 Å². The number of carbonyl (C=O) groups excluding carboxylic acids is 1. The third-order valence-electron chi connectivity index (χ3n) is 3.85. The lowest BCUT2D eigenvalue weighted by molar-refractivity contribution is -0.116. The van der Waals surface area contributed by atoms with Crippen molar-refractivity contribution < 1.29 is 13.2 Å². The number of hydrogen-bond acceptors (Lipinski definition) is 5. The zero-order valence-electron chi connectivity index (χ0n) is 14.9. The van der Waals surface area contributed by atoms with Gasteiger partial charge >= 0.3 is 0 Å². The number of sulfonamides is 1. The minimum absolute atomic E-state index is 0.0527. The fourth-order valence-electron chi connectivity index (χ4n) is 2.65. The number of carbonyl (C=O) groups is 1. The van der Waals surface area contributed by atoms with Crippen LogP contribution in [0, 0.1) is 0 Å². The van der Waals surface area contributed by atoms with Gasteiger partial charge in [-0.05, 0) is 55.7 Å². The molecule has 8 heteroatoms. The number of aromatic nitrogens is 1. The summed E-state index contributed by atoms with van der Waals surface area (Å²) in [5, 5.41) is 3.93. The molecule has 1 aromatic heterocycles. The number of benzene rings is 2. The van der Waals surface area contributed by atoms with Gasteiger partial charge in [0.2, 0.25) is 15.9 Å². The zero-order chi connectivity index (χ0) is 19.3. The summed E-state index contributed by atoms with van der Waals surface area (Å²) in [6.45, 7) is 0. The van der Waals surface area contributed by atoms with Gasteiger partial charge in [0.1, 0.15) is 0 Å². The average molecular weight is 404 g/mol. The van der Waals surface area contributed by atoms with E-state index in [1.165, 1.54) is 4.70 Å². The van der Waals surface area contributed by atoms with E-state index in [-0.39, 0.29) is 5.91 Å². The number of anilines is 2. The molecule has 0 aliphatic rings. The van der Waals surface area contributed by atoms with Crippen molar-refractivity contribution in [3.8, 4) is 0 Å². The van der Waals surface area contributed by atoms with Gasteiger partial charge in [-0.2, -0.15) is 0 Å². The van der Waals surface area contributed by atoms with Crippen molar-refractivity contribution >= 4 is 48.9 Å².